The number of nitrogens with zero attached hydrogens (tertiary/aromatic N) is 1. The number of aliphatic hydroxyl groups excluding tert-OH is 1. The summed E-state index contributed by atoms with van der Waals surface area (Å²) >= 11 is 0. The zero-order valence-electron chi connectivity index (χ0n) is 15.1. The highest BCUT2D eigenvalue weighted by molar-refractivity contribution is 7.47. The normalized spacial score (nSPS) is 16.7. The van der Waals surface area contributed by atoms with Crippen LogP contribution in [0.2, 0.25) is 0 Å². The van der Waals surface area contributed by atoms with E-state index < -0.39 is 38.3 Å². The number of hydrogen-bond donors (Lipinski definition) is 4. The largest absolute Gasteiger partial charge is 0.544 e. The van der Waals surface area contributed by atoms with Gasteiger partial charge in [-0.25, -0.2) is 4.57 Å². The Balaban J connectivity index is 5.27. The van der Waals surface area contributed by atoms with Gasteiger partial charge in [-0.2, -0.15) is 0 Å². The number of aliphatic carboxylic acids is 2. The molecule has 0 bridgehead atoms. The molecule has 0 aliphatic rings. The van der Waals surface area contributed by atoms with Crippen molar-refractivity contribution in [1.82, 2.24) is 0 Å². The molecule has 0 aromatic rings. The minimum Gasteiger partial charge on any atom is -0.544 e. The standard InChI is InChI=1S/C14H29N2O9P/c1-16(2,7-3-6-15)14(13(20)21,11-12(18)19)5-10-25-26(22,23)24-9-4-8-17/h17H,3-11,15H2,1-2H3,(H2-,18,19,20,21,22,23). The van der Waals surface area contributed by atoms with E-state index in [4.69, 9.17) is 15.4 Å². The third kappa shape index (κ3) is 7.67. The first-order valence-electron chi connectivity index (χ1n) is 8.13. The molecule has 0 aliphatic heterocycles. The molecule has 0 fully saturated rings. The van der Waals surface area contributed by atoms with E-state index in [0.717, 1.165) is 0 Å². The van der Waals surface area contributed by atoms with Crippen LogP contribution in [-0.4, -0.2) is 84.1 Å². The van der Waals surface area contributed by atoms with Crippen LogP contribution in [0.15, 0.2) is 0 Å². The Hall–Kier alpha value is -1.07. The number of phosphoric ester groups is 1. The number of carbonyl (C=O) groups is 2. The molecule has 0 aromatic carbocycles. The van der Waals surface area contributed by atoms with Gasteiger partial charge in [0.2, 0.25) is 0 Å². The first kappa shape index (κ1) is 24.9. The Bertz CT molecular complexity index is 515. The smallest absolute Gasteiger partial charge is 0.472 e. The minimum atomic E-state index is -4.45. The molecule has 11 nitrogen and oxygen atoms in total. The number of hydrogen-bond acceptors (Lipinski definition) is 8. The second kappa shape index (κ2) is 10.9. The topological polar surface area (TPSA) is 179 Å². The molecule has 0 heterocycles. The van der Waals surface area contributed by atoms with Gasteiger partial charge in [0.25, 0.3) is 0 Å². The van der Waals surface area contributed by atoms with Crippen molar-refractivity contribution in [1.29, 1.82) is 0 Å². The molecule has 0 aromatic heterocycles. The van der Waals surface area contributed by atoms with Gasteiger partial charge in [-0.15, -0.1) is 0 Å². The molecule has 0 amide bonds. The van der Waals surface area contributed by atoms with Crippen molar-refractivity contribution in [3.63, 3.8) is 0 Å². The summed E-state index contributed by atoms with van der Waals surface area (Å²) in [6.07, 6.45) is -0.561. The highest BCUT2D eigenvalue weighted by Crippen LogP contribution is 2.44. The zero-order valence-corrected chi connectivity index (χ0v) is 16.0. The van der Waals surface area contributed by atoms with Crippen LogP contribution in [0.4, 0.5) is 0 Å². The average molecular weight is 400 g/mol. The maximum atomic E-state index is 11.9. The summed E-state index contributed by atoms with van der Waals surface area (Å²) in [5.41, 5.74) is 3.57. The van der Waals surface area contributed by atoms with E-state index >= 15 is 0 Å². The summed E-state index contributed by atoms with van der Waals surface area (Å²) in [4.78, 5) is 32.7. The second-order valence-corrected chi connectivity index (χ2v) is 7.86. The van der Waals surface area contributed by atoms with Crippen LogP contribution in [0.3, 0.4) is 0 Å². The van der Waals surface area contributed by atoms with Crippen LogP contribution >= 0.6 is 7.82 Å². The molecule has 12 heteroatoms. The first-order chi connectivity index (χ1) is 11.9. The predicted octanol–water partition coefficient (Wildman–Crippen LogP) is -1.72. The molecule has 0 spiro atoms. The Morgan fingerprint density at radius 3 is 2.27 bits per heavy atom. The molecule has 0 saturated carbocycles. The number of carbonyl (C=O) groups excluding carboxylic acids is 1. The number of carboxylic acid groups (broad SMARTS) is 2. The van der Waals surface area contributed by atoms with Gasteiger partial charge in [-0.05, 0) is 13.0 Å². The van der Waals surface area contributed by atoms with Crippen LogP contribution in [-0.2, 0) is 23.2 Å². The van der Waals surface area contributed by atoms with Gasteiger partial charge >= 0.3 is 13.8 Å². The van der Waals surface area contributed by atoms with Crippen LogP contribution in [0.1, 0.15) is 25.7 Å². The third-order valence-corrected chi connectivity index (χ3v) is 5.25. The van der Waals surface area contributed by atoms with Gasteiger partial charge in [-0.3, -0.25) is 13.8 Å². The molecule has 5 N–H and O–H groups in total. The number of carboxylic acids is 2. The van der Waals surface area contributed by atoms with E-state index in [1.807, 2.05) is 0 Å². The summed E-state index contributed by atoms with van der Waals surface area (Å²) < 4.78 is 20.8. The van der Waals surface area contributed by atoms with Crippen molar-refractivity contribution in [2.24, 2.45) is 5.73 Å². The second-order valence-electron chi connectivity index (χ2n) is 6.40. The van der Waals surface area contributed by atoms with Crippen molar-refractivity contribution >= 4 is 19.8 Å². The van der Waals surface area contributed by atoms with Crippen LogP contribution < -0.4 is 10.8 Å². The lowest BCUT2D eigenvalue weighted by Gasteiger charge is -2.48. The molecular weight excluding hydrogens is 371 g/mol. The fraction of sp³-hybridized carbons (Fsp3) is 0.857. The average Bonchev–Trinajstić information content (AvgIpc) is 2.51. The molecule has 2 unspecified atom stereocenters. The predicted molar refractivity (Wildman–Crippen MR) is 88.7 cm³/mol. The quantitative estimate of drug-likeness (QED) is 0.140. The number of likely N-dealkylation sites (N-methyl/N-ethyl adjacent to an activating group) is 1. The summed E-state index contributed by atoms with van der Waals surface area (Å²) in [5.74, 6) is -2.95. The van der Waals surface area contributed by atoms with Gasteiger partial charge in [0, 0.05) is 19.4 Å². The Morgan fingerprint density at radius 2 is 1.81 bits per heavy atom. The van der Waals surface area contributed by atoms with Crippen molar-refractivity contribution in [2.75, 3.05) is 47.0 Å². The summed E-state index contributed by atoms with van der Waals surface area (Å²) in [7, 11) is -1.38. The van der Waals surface area contributed by atoms with Crippen molar-refractivity contribution < 1.29 is 47.9 Å². The van der Waals surface area contributed by atoms with Crippen molar-refractivity contribution in [3.05, 3.63) is 0 Å². The lowest BCUT2D eigenvalue weighted by Crippen LogP contribution is -2.69. The van der Waals surface area contributed by atoms with Gasteiger partial charge in [-0.1, -0.05) is 0 Å². The van der Waals surface area contributed by atoms with E-state index in [1.54, 1.807) is 0 Å². The highest BCUT2D eigenvalue weighted by Gasteiger charge is 2.49. The Morgan fingerprint density at radius 1 is 1.23 bits per heavy atom. The van der Waals surface area contributed by atoms with Gasteiger partial charge in [0.15, 0.2) is 5.54 Å². The Kier molecular flexibility index (Phi) is 10.5. The van der Waals surface area contributed by atoms with Crippen LogP contribution in [0.5, 0.6) is 0 Å². The van der Waals surface area contributed by atoms with E-state index in [9.17, 15) is 29.3 Å². The lowest BCUT2D eigenvalue weighted by molar-refractivity contribution is -0.934. The molecular formula is C14H29N2O9P. The van der Waals surface area contributed by atoms with Crippen LogP contribution in [0, 0.1) is 0 Å². The molecule has 0 aliphatic carbocycles. The first-order valence-corrected chi connectivity index (χ1v) is 9.63. The SMILES string of the molecule is C[N+](C)(CCCN)C(CCOP(=O)(O)OCCCO)(CC(=O)O)C(=O)[O-]. The highest BCUT2D eigenvalue weighted by atomic mass is 31.2. The number of quaternary nitrogens is 1. The maximum Gasteiger partial charge on any atom is 0.472 e. The van der Waals surface area contributed by atoms with Crippen LogP contribution in [0.25, 0.3) is 0 Å². The summed E-state index contributed by atoms with van der Waals surface area (Å²) in [5, 5.41) is 29.7. The molecule has 154 valence electrons. The molecule has 0 saturated heterocycles. The zero-order chi connectivity index (χ0) is 20.4. The van der Waals surface area contributed by atoms with E-state index in [2.05, 4.69) is 4.52 Å². The van der Waals surface area contributed by atoms with E-state index in [-0.39, 0.29) is 37.1 Å². The van der Waals surface area contributed by atoms with Gasteiger partial charge in [0.05, 0.1) is 33.9 Å². The summed E-state index contributed by atoms with van der Waals surface area (Å²) in [6.45, 7) is -0.429. The molecule has 26 heavy (non-hydrogen) atoms. The molecule has 0 radical (unpaired) electrons. The summed E-state index contributed by atoms with van der Waals surface area (Å²) in [6, 6.07) is 0. The maximum absolute atomic E-state index is 11.9. The van der Waals surface area contributed by atoms with Crippen molar-refractivity contribution in [2.45, 2.75) is 31.2 Å². The number of rotatable bonds is 15. The lowest BCUT2D eigenvalue weighted by atomic mass is 9.87. The minimum absolute atomic E-state index is 0.124. The fourth-order valence-electron chi connectivity index (χ4n) is 2.59. The van der Waals surface area contributed by atoms with Gasteiger partial charge in [0.1, 0.15) is 12.4 Å². The fourth-order valence-corrected chi connectivity index (χ4v) is 3.35. The van der Waals surface area contributed by atoms with E-state index in [0.29, 0.717) is 13.0 Å². The molecule has 2 atom stereocenters. The van der Waals surface area contributed by atoms with Crippen molar-refractivity contribution in [3.8, 4) is 0 Å². The van der Waals surface area contributed by atoms with Gasteiger partial charge < -0.3 is 35.2 Å². The molecule has 0 rings (SSSR count). The number of nitrogens with two attached hydrogens (primary N) is 1. The number of phosphoric acid groups is 1. The third-order valence-electron chi connectivity index (χ3n) is 4.23. The Labute approximate surface area is 152 Å². The monoisotopic (exact) mass is 400 g/mol. The van der Waals surface area contributed by atoms with E-state index in [1.165, 1.54) is 14.1 Å². The number of aliphatic hydroxyl groups is 1.